The molecule has 2 aromatic rings. The van der Waals surface area contributed by atoms with Gasteiger partial charge in [-0.15, -0.1) is 0 Å². The zero-order chi connectivity index (χ0) is 10.1. The van der Waals surface area contributed by atoms with Gasteiger partial charge in [0.1, 0.15) is 0 Å². The van der Waals surface area contributed by atoms with Gasteiger partial charge in [-0.25, -0.2) is 4.79 Å². The lowest BCUT2D eigenvalue weighted by Gasteiger charge is -2.00. The average Bonchev–Trinajstić information content (AvgIpc) is 2.56. The molecule has 0 fully saturated rings. The minimum Gasteiger partial charge on any atom is -0.296 e. The SMILES string of the molecule is Cc1ccc(Br)cc1-c1noc(=O)[nH]1. The van der Waals surface area contributed by atoms with E-state index in [0.717, 1.165) is 15.6 Å². The summed E-state index contributed by atoms with van der Waals surface area (Å²) in [6.07, 6.45) is 0. The molecule has 1 heterocycles. The molecule has 0 aliphatic rings. The van der Waals surface area contributed by atoms with Crippen LogP contribution in [0.2, 0.25) is 0 Å². The molecule has 72 valence electrons. The number of rotatable bonds is 1. The number of hydrogen-bond acceptors (Lipinski definition) is 3. The van der Waals surface area contributed by atoms with E-state index in [4.69, 9.17) is 0 Å². The second kappa shape index (κ2) is 3.42. The molecule has 0 spiro atoms. The predicted octanol–water partition coefficient (Wildman–Crippen LogP) is 2.10. The number of H-pyrrole nitrogens is 1. The molecule has 1 aromatic heterocycles. The molecule has 0 aliphatic carbocycles. The minimum atomic E-state index is -0.542. The molecule has 1 aromatic carbocycles. The first-order chi connectivity index (χ1) is 6.66. The summed E-state index contributed by atoms with van der Waals surface area (Å²) in [7, 11) is 0. The Kier molecular flexibility index (Phi) is 2.25. The number of aromatic nitrogens is 2. The van der Waals surface area contributed by atoms with Gasteiger partial charge in [-0.3, -0.25) is 9.51 Å². The van der Waals surface area contributed by atoms with Crippen LogP contribution in [0.4, 0.5) is 0 Å². The van der Waals surface area contributed by atoms with Gasteiger partial charge in [0.25, 0.3) is 0 Å². The molecule has 0 saturated heterocycles. The maximum atomic E-state index is 10.8. The van der Waals surface area contributed by atoms with Crippen LogP contribution in [0.3, 0.4) is 0 Å². The Balaban J connectivity index is 2.61. The monoisotopic (exact) mass is 254 g/mol. The van der Waals surface area contributed by atoms with Crippen LogP contribution in [0, 0.1) is 6.92 Å². The van der Waals surface area contributed by atoms with Crippen LogP contribution in [0.15, 0.2) is 32.0 Å². The maximum Gasteiger partial charge on any atom is 0.439 e. The van der Waals surface area contributed by atoms with Gasteiger partial charge in [-0.1, -0.05) is 27.2 Å². The molecule has 1 N–H and O–H groups in total. The van der Waals surface area contributed by atoms with E-state index >= 15 is 0 Å². The molecule has 0 amide bonds. The molecule has 5 heteroatoms. The Hall–Kier alpha value is -1.36. The molecular weight excluding hydrogens is 248 g/mol. The molecule has 4 nitrogen and oxygen atoms in total. The van der Waals surface area contributed by atoms with E-state index in [0.29, 0.717) is 5.82 Å². The average molecular weight is 255 g/mol. The lowest BCUT2D eigenvalue weighted by atomic mass is 10.1. The van der Waals surface area contributed by atoms with E-state index in [1.54, 1.807) is 0 Å². The normalized spacial score (nSPS) is 10.4. The van der Waals surface area contributed by atoms with Crippen LogP contribution in [-0.4, -0.2) is 10.1 Å². The molecule has 14 heavy (non-hydrogen) atoms. The molecular formula is C9H7BrN2O2. The second-order valence-electron chi connectivity index (χ2n) is 2.90. The van der Waals surface area contributed by atoms with E-state index in [1.165, 1.54) is 0 Å². The number of benzene rings is 1. The van der Waals surface area contributed by atoms with E-state index < -0.39 is 5.76 Å². The summed E-state index contributed by atoms with van der Waals surface area (Å²) in [5, 5.41) is 3.62. The number of hydrogen-bond donors (Lipinski definition) is 1. The van der Waals surface area contributed by atoms with Gasteiger partial charge in [0, 0.05) is 10.0 Å². The molecule has 0 bridgehead atoms. The van der Waals surface area contributed by atoms with Gasteiger partial charge in [0.2, 0.25) is 0 Å². The standard InChI is InChI=1S/C9H7BrN2O2/c1-5-2-3-6(10)4-7(5)8-11-9(13)14-12-8/h2-4H,1H3,(H,11,12,13). The topological polar surface area (TPSA) is 58.9 Å². The third kappa shape index (κ3) is 1.63. The van der Waals surface area contributed by atoms with Gasteiger partial charge in [-0.2, -0.15) is 0 Å². The molecule has 0 unspecified atom stereocenters. The lowest BCUT2D eigenvalue weighted by Crippen LogP contribution is -1.95. The van der Waals surface area contributed by atoms with Crippen LogP contribution in [0.5, 0.6) is 0 Å². The number of nitrogens with one attached hydrogen (secondary N) is 1. The molecule has 0 radical (unpaired) electrons. The van der Waals surface area contributed by atoms with Crippen LogP contribution in [0.25, 0.3) is 11.4 Å². The fourth-order valence-electron chi connectivity index (χ4n) is 1.20. The fraction of sp³-hybridized carbons (Fsp3) is 0.111. The van der Waals surface area contributed by atoms with Crippen LogP contribution < -0.4 is 5.76 Å². The highest BCUT2D eigenvalue weighted by atomic mass is 79.9. The van der Waals surface area contributed by atoms with Crippen molar-refractivity contribution in [3.8, 4) is 11.4 Å². The third-order valence-electron chi connectivity index (χ3n) is 1.90. The first kappa shape index (κ1) is 9.21. The summed E-state index contributed by atoms with van der Waals surface area (Å²) in [6.45, 7) is 1.94. The quantitative estimate of drug-likeness (QED) is 0.848. The van der Waals surface area contributed by atoms with Crippen LogP contribution in [-0.2, 0) is 0 Å². The third-order valence-corrected chi connectivity index (χ3v) is 2.39. The van der Waals surface area contributed by atoms with Gasteiger partial charge in [0.05, 0.1) is 0 Å². The lowest BCUT2D eigenvalue weighted by molar-refractivity contribution is 0.388. The minimum absolute atomic E-state index is 0.453. The first-order valence-corrected chi connectivity index (χ1v) is 4.78. The van der Waals surface area contributed by atoms with Crippen molar-refractivity contribution in [3.05, 3.63) is 38.8 Å². The van der Waals surface area contributed by atoms with E-state index in [1.807, 2.05) is 25.1 Å². The maximum absolute atomic E-state index is 10.8. The Morgan fingerprint density at radius 2 is 2.29 bits per heavy atom. The van der Waals surface area contributed by atoms with Gasteiger partial charge < -0.3 is 0 Å². The summed E-state index contributed by atoms with van der Waals surface area (Å²) >= 11 is 3.35. The zero-order valence-electron chi connectivity index (χ0n) is 7.37. The van der Waals surface area contributed by atoms with Crippen molar-refractivity contribution in [1.82, 2.24) is 10.1 Å². The van der Waals surface area contributed by atoms with Gasteiger partial charge >= 0.3 is 5.76 Å². The highest BCUT2D eigenvalue weighted by Crippen LogP contribution is 2.22. The summed E-state index contributed by atoms with van der Waals surface area (Å²) < 4.78 is 5.37. The van der Waals surface area contributed by atoms with Gasteiger partial charge in [-0.05, 0) is 24.6 Å². The second-order valence-corrected chi connectivity index (χ2v) is 3.82. The number of nitrogens with zero attached hydrogens (tertiary/aromatic N) is 1. The Labute approximate surface area is 88.1 Å². The van der Waals surface area contributed by atoms with Crippen molar-refractivity contribution in [1.29, 1.82) is 0 Å². The van der Waals surface area contributed by atoms with E-state index in [2.05, 4.69) is 30.6 Å². The van der Waals surface area contributed by atoms with Crippen molar-refractivity contribution in [2.75, 3.05) is 0 Å². The predicted molar refractivity (Wildman–Crippen MR) is 55.0 cm³/mol. The van der Waals surface area contributed by atoms with E-state index in [9.17, 15) is 4.79 Å². The van der Waals surface area contributed by atoms with Crippen molar-refractivity contribution in [2.24, 2.45) is 0 Å². The van der Waals surface area contributed by atoms with E-state index in [-0.39, 0.29) is 0 Å². The van der Waals surface area contributed by atoms with Crippen molar-refractivity contribution >= 4 is 15.9 Å². The Bertz CT molecular complexity index is 516. The number of aryl methyl sites for hydroxylation is 1. The van der Waals surface area contributed by atoms with Gasteiger partial charge in [0.15, 0.2) is 5.82 Å². The molecule has 0 aliphatic heterocycles. The summed E-state index contributed by atoms with van der Waals surface area (Å²) in [4.78, 5) is 13.3. The molecule has 0 atom stereocenters. The highest BCUT2D eigenvalue weighted by Gasteiger charge is 2.07. The number of halogens is 1. The van der Waals surface area contributed by atoms with Crippen molar-refractivity contribution < 1.29 is 4.52 Å². The van der Waals surface area contributed by atoms with Crippen LogP contribution >= 0.6 is 15.9 Å². The van der Waals surface area contributed by atoms with Crippen molar-refractivity contribution in [2.45, 2.75) is 6.92 Å². The Morgan fingerprint density at radius 3 is 2.93 bits per heavy atom. The summed E-state index contributed by atoms with van der Waals surface area (Å²) in [6, 6.07) is 5.74. The largest absolute Gasteiger partial charge is 0.439 e. The summed E-state index contributed by atoms with van der Waals surface area (Å²) in [5.74, 6) is -0.0897. The van der Waals surface area contributed by atoms with Crippen LogP contribution in [0.1, 0.15) is 5.56 Å². The zero-order valence-corrected chi connectivity index (χ0v) is 8.96. The fourth-order valence-corrected chi connectivity index (χ4v) is 1.56. The highest BCUT2D eigenvalue weighted by molar-refractivity contribution is 9.10. The first-order valence-electron chi connectivity index (χ1n) is 3.99. The Morgan fingerprint density at radius 1 is 1.50 bits per heavy atom. The molecule has 2 rings (SSSR count). The summed E-state index contributed by atoms with van der Waals surface area (Å²) in [5.41, 5.74) is 1.88. The van der Waals surface area contributed by atoms with Crippen molar-refractivity contribution in [3.63, 3.8) is 0 Å². The number of aromatic amines is 1. The molecule has 0 saturated carbocycles. The smallest absolute Gasteiger partial charge is 0.296 e.